The van der Waals surface area contributed by atoms with E-state index in [0.29, 0.717) is 4.47 Å². The molecule has 0 spiro atoms. The average Bonchev–Trinajstić information content (AvgIpc) is 2.46. The number of hydrogen-bond acceptors (Lipinski definition) is 6. The number of methoxy groups -OCH3 is 1. The summed E-state index contributed by atoms with van der Waals surface area (Å²) in [5.74, 6) is -0.168. The standard InChI is InChI=1S/C13H9BrN2O5/c1-20-13(17)8-2-3-15-12(4-8)21-11-6-9(14)5-10(7-11)16(18)19/h2-7H,1H3. The Kier molecular flexibility index (Phi) is 4.49. The van der Waals surface area contributed by atoms with Crippen LogP contribution in [0.15, 0.2) is 41.0 Å². The maximum atomic E-state index is 11.4. The summed E-state index contributed by atoms with van der Waals surface area (Å²) < 4.78 is 10.5. The van der Waals surface area contributed by atoms with E-state index in [9.17, 15) is 14.9 Å². The smallest absolute Gasteiger partial charge is 0.338 e. The highest BCUT2D eigenvalue weighted by Gasteiger charge is 2.12. The molecule has 0 N–H and O–H groups in total. The minimum absolute atomic E-state index is 0.122. The molecular weight excluding hydrogens is 344 g/mol. The van der Waals surface area contributed by atoms with Crippen molar-refractivity contribution >= 4 is 27.6 Å². The first-order chi connectivity index (χ1) is 9.99. The number of nitro benzene ring substituents is 1. The second-order valence-electron chi connectivity index (χ2n) is 3.88. The van der Waals surface area contributed by atoms with E-state index in [0.717, 1.165) is 0 Å². The number of benzene rings is 1. The molecule has 0 fully saturated rings. The van der Waals surface area contributed by atoms with Crippen LogP contribution >= 0.6 is 15.9 Å². The number of nitrogens with zero attached hydrogens (tertiary/aromatic N) is 2. The third kappa shape index (κ3) is 3.76. The molecule has 0 radical (unpaired) electrons. The molecule has 0 bridgehead atoms. The Balaban J connectivity index is 2.30. The zero-order valence-electron chi connectivity index (χ0n) is 10.8. The van der Waals surface area contributed by atoms with Gasteiger partial charge in [-0.05, 0) is 12.1 Å². The third-order valence-corrected chi connectivity index (χ3v) is 2.90. The van der Waals surface area contributed by atoms with Crippen LogP contribution in [0.5, 0.6) is 11.6 Å². The van der Waals surface area contributed by atoms with Gasteiger partial charge in [0.05, 0.1) is 23.7 Å². The number of rotatable bonds is 4. The molecule has 1 aromatic carbocycles. The van der Waals surface area contributed by atoms with Gasteiger partial charge in [0.15, 0.2) is 0 Å². The lowest BCUT2D eigenvalue weighted by atomic mass is 10.2. The van der Waals surface area contributed by atoms with Crippen molar-refractivity contribution in [2.24, 2.45) is 0 Å². The molecule has 0 aliphatic heterocycles. The van der Waals surface area contributed by atoms with Crippen molar-refractivity contribution in [3.8, 4) is 11.6 Å². The molecular formula is C13H9BrN2O5. The van der Waals surface area contributed by atoms with Crippen LogP contribution in [0.2, 0.25) is 0 Å². The fourth-order valence-electron chi connectivity index (χ4n) is 1.54. The topological polar surface area (TPSA) is 91.6 Å². The van der Waals surface area contributed by atoms with Crippen LogP contribution < -0.4 is 4.74 Å². The van der Waals surface area contributed by atoms with Gasteiger partial charge in [0.2, 0.25) is 5.88 Å². The minimum Gasteiger partial charge on any atom is -0.465 e. The van der Waals surface area contributed by atoms with Crippen molar-refractivity contribution in [2.45, 2.75) is 0 Å². The number of ether oxygens (including phenoxy) is 2. The molecule has 0 saturated heterocycles. The molecule has 108 valence electrons. The van der Waals surface area contributed by atoms with Gasteiger partial charge in [0.25, 0.3) is 5.69 Å². The van der Waals surface area contributed by atoms with Crippen LogP contribution in [0.4, 0.5) is 5.69 Å². The van der Waals surface area contributed by atoms with E-state index >= 15 is 0 Å². The van der Waals surface area contributed by atoms with Crippen molar-refractivity contribution in [1.82, 2.24) is 4.98 Å². The summed E-state index contributed by atoms with van der Waals surface area (Å²) >= 11 is 3.16. The van der Waals surface area contributed by atoms with Gasteiger partial charge in [-0.15, -0.1) is 0 Å². The molecule has 8 heteroatoms. The summed E-state index contributed by atoms with van der Waals surface area (Å²) in [5.41, 5.74) is 0.149. The summed E-state index contributed by atoms with van der Waals surface area (Å²) in [6, 6.07) is 7.03. The molecule has 2 rings (SSSR count). The van der Waals surface area contributed by atoms with Crippen LogP contribution in [-0.4, -0.2) is 23.0 Å². The first kappa shape index (κ1) is 14.9. The first-order valence-electron chi connectivity index (χ1n) is 5.67. The number of aromatic nitrogens is 1. The fourth-order valence-corrected chi connectivity index (χ4v) is 2.00. The number of hydrogen-bond donors (Lipinski definition) is 0. The molecule has 0 saturated carbocycles. The third-order valence-electron chi connectivity index (χ3n) is 2.45. The van der Waals surface area contributed by atoms with Crippen LogP contribution in [-0.2, 0) is 4.74 Å². The lowest BCUT2D eigenvalue weighted by molar-refractivity contribution is -0.385. The molecule has 7 nitrogen and oxygen atoms in total. The summed E-state index contributed by atoms with van der Waals surface area (Å²) in [5, 5.41) is 10.8. The van der Waals surface area contributed by atoms with Crippen molar-refractivity contribution in [1.29, 1.82) is 0 Å². The second kappa shape index (κ2) is 6.31. The number of nitro groups is 1. The van der Waals surface area contributed by atoms with Gasteiger partial charge in [0, 0.05) is 22.8 Å². The number of non-ortho nitro benzene ring substituents is 1. The Morgan fingerprint density at radius 2 is 2.10 bits per heavy atom. The van der Waals surface area contributed by atoms with Crippen molar-refractivity contribution in [2.75, 3.05) is 7.11 Å². The lowest BCUT2D eigenvalue weighted by Crippen LogP contribution is -2.01. The molecule has 0 amide bonds. The van der Waals surface area contributed by atoms with E-state index < -0.39 is 10.9 Å². The highest BCUT2D eigenvalue weighted by Crippen LogP contribution is 2.29. The van der Waals surface area contributed by atoms with E-state index in [1.165, 1.54) is 37.6 Å². The van der Waals surface area contributed by atoms with E-state index in [-0.39, 0.29) is 22.9 Å². The van der Waals surface area contributed by atoms with Gasteiger partial charge in [-0.3, -0.25) is 10.1 Å². The number of halogens is 1. The zero-order valence-corrected chi connectivity index (χ0v) is 12.4. The normalized spacial score (nSPS) is 10.0. The molecule has 21 heavy (non-hydrogen) atoms. The highest BCUT2D eigenvalue weighted by molar-refractivity contribution is 9.10. The molecule has 0 aliphatic carbocycles. The van der Waals surface area contributed by atoms with Gasteiger partial charge in [-0.2, -0.15) is 0 Å². The first-order valence-corrected chi connectivity index (χ1v) is 6.46. The molecule has 0 aliphatic rings. The molecule has 0 atom stereocenters. The summed E-state index contributed by atoms with van der Waals surface area (Å²) in [6.07, 6.45) is 1.38. The maximum Gasteiger partial charge on any atom is 0.338 e. The quantitative estimate of drug-likeness (QED) is 0.476. The Morgan fingerprint density at radius 1 is 1.33 bits per heavy atom. The number of carbonyl (C=O) groups excluding carboxylic acids is 1. The molecule has 2 aromatic rings. The van der Waals surface area contributed by atoms with Crippen molar-refractivity contribution in [3.63, 3.8) is 0 Å². The Labute approximate surface area is 127 Å². The number of esters is 1. The molecule has 0 unspecified atom stereocenters. The average molecular weight is 353 g/mol. The van der Waals surface area contributed by atoms with E-state index in [1.807, 2.05) is 0 Å². The summed E-state index contributed by atoms with van der Waals surface area (Å²) in [6.45, 7) is 0. The zero-order chi connectivity index (χ0) is 15.4. The second-order valence-corrected chi connectivity index (χ2v) is 4.79. The summed E-state index contributed by atoms with van der Waals surface area (Å²) in [7, 11) is 1.26. The Hall–Kier alpha value is -2.48. The van der Waals surface area contributed by atoms with Crippen molar-refractivity contribution < 1.29 is 19.2 Å². The molecule has 1 heterocycles. The molecule has 1 aromatic heterocycles. The minimum atomic E-state index is -0.532. The van der Waals surface area contributed by atoms with Gasteiger partial charge >= 0.3 is 5.97 Å². The van der Waals surface area contributed by atoms with Crippen molar-refractivity contribution in [3.05, 3.63) is 56.7 Å². The highest BCUT2D eigenvalue weighted by atomic mass is 79.9. The van der Waals surface area contributed by atoms with Gasteiger partial charge < -0.3 is 9.47 Å². The Morgan fingerprint density at radius 3 is 2.76 bits per heavy atom. The Bertz CT molecular complexity index is 705. The van der Waals surface area contributed by atoms with E-state index in [1.54, 1.807) is 6.07 Å². The number of pyridine rings is 1. The van der Waals surface area contributed by atoms with E-state index in [2.05, 4.69) is 25.7 Å². The fraction of sp³-hybridized carbons (Fsp3) is 0.0769. The lowest BCUT2D eigenvalue weighted by Gasteiger charge is -2.06. The predicted molar refractivity (Wildman–Crippen MR) is 76.4 cm³/mol. The van der Waals surface area contributed by atoms with Crippen LogP contribution in [0.1, 0.15) is 10.4 Å². The van der Waals surface area contributed by atoms with Crippen LogP contribution in [0.25, 0.3) is 0 Å². The van der Waals surface area contributed by atoms with Crippen LogP contribution in [0, 0.1) is 10.1 Å². The largest absolute Gasteiger partial charge is 0.465 e. The number of carbonyl (C=O) groups is 1. The maximum absolute atomic E-state index is 11.4. The SMILES string of the molecule is COC(=O)c1ccnc(Oc2cc(Br)cc([N+](=O)[O-])c2)c1. The monoisotopic (exact) mass is 352 g/mol. The predicted octanol–water partition coefficient (Wildman–Crippen LogP) is 3.33. The van der Waals surface area contributed by atoms with Gasteiger partial charge in [-0.25, -0.2) is 9.78 Å². The van der Waals surface area contributed by atoms with E-state index in [4.69, 9.17) is 4.74 Å². The van der Waals surface area contributed by atoms with Gasteiger partial charge in [-0.1, -0.05) is 15.9 Å². The summed E-state index contributed by atoms with van der Waals surface area (Å²) in [4.78, 5) is 25.6. The van der Waals surface area contributed by atoms with Crippen LogP contribution in [0.3, 0.4) is 0 Å². The van der Waals surface area contributed by atoms with Gasteiger partial charge in [0.1, 0.15) is 5.75 Å².